The Morgan fingerprint density at radius 2 is 1.74 bits per heavy atom. The van der Waals surface area contributed by atoms with Gasteiger partial charge in [0.25, 0.3) is 0 Å². The van der Waals surface area contributed by atoms with Gasteiger partial charge >= 0.3 is 0 Å². The van der Waals surface area contributed by atoms with Gasteiger partial charge in [-0.1, -0.05) is 43.5 Å². The van der Waals surface area contributed by atoms with E-state index in [1.165, 1.54) is 17.5 Å². The highest BCUT2D eigenvalue weighted by atomic mass is 16.2. The molecule has 3 N–H and O–H groups in total. The lowest BCUT2D eigenvalue weighted by Crippen LogP contribution is -2.58. The summed E-state index contributed by atoms with van der Waals surface area (Å²) >= 11 is 0. The van der Waals surface area contributed by atoms with Crippen LogP contribution in [0, 0.1) is 5.92 Å². The minimum Gasteiger partial charge on any atom is -0.347 e. The summed E-state index contributed by atoms with van der Waals surface area (Å²) < 4.78 is 0. The Morgan fingerprint density at radius 3 is 2.50 bits per heavy atom. The van der Waals surface area contributed by atoms with E-state index in [0.29, 0.717) is 13.0 Å². The number of hydrogen-bond acceptors (Lipinski definition) is 4. The molecule has 7 nitrogen and oxygen atoms in total. The predicted octanol–water partition coefficient (Wildman–Crippen LogP) is 2.84. The normalized spacial score (nSPS) is 24.7. The maximum atomic E-state index is 13.8. The van der Waals surface area contributed by atoms with Crippen molar-refractivity contribution in [2.24, 2.45) is 5.92 Å². The van der Waals surface area contributed by atoms with Gasteiger partial charge < -0.3 is 20.9 Å². The highest BCUT2D eigenvalue weighted by Crippen LogP contribution is 2.32. The Morgan fingerprint density at radius 1 is 0.971 bits per heavy atom. The number of hydrogen-bond donors (Lipinski definition) is 3. The van der Waals surface area contributed by atoms with E-state index < -0.39 is 12.1 Å². The maximum absolute atomic E-state index is 13.8. The van der Waals surface area contributed by atoms with Gasteiger partial charge in [0.1, 0.15) is 12.1 Å². The first kappa shape index (κ1) is 24.7. The first-order valence-electron chi connectivity index (χ1n) is 13.2. The summed E-state index contributed by atoms with van der Waals surface area (Å²) in [5, 5.41) is 9.26. The van der Waals surface area contributed by atoms with E-state index in [9.17, 15) is 14.4 Å². The number of amides is 3. The highest BCUT2D eigenvalue weighted by molar-refractivity contribution is 5.93. The van der Waals surface area contributed by atoms with Crippen LogP contribution in [-0.4, -0.2) is 54.3 Å². The van der Waals surface area contributed by atoms with Crippen LogP contribution in [0.3, 0.4) is 0 Å². The van der Waals surface area contributed by atoms with E-state index in [-0.39, 0.29) is 35.7 Å². The summed E-state index contributed by atoms with van der Waals surface area (Å²) in [5.41, 5.74) is 2.50. The summed E-state index contributed by atoms with van der Waals surface area (Å²) in [4.78, 5) is 41.7. The van der Waals surface area contributed by atoms with Gasteiger partial charge in [0.2, 0.25) is 17.7 Å². The molecule has 4 atom stereocenters. The quantitative estimate of drug-likeness (QED) is 0.574. The minimum absolute atomic E-state index is 0.000300. The summed E-state index contributed by atoms with van der Waals surface area (Å²) in [6.07, 6.45) is 9.71. The second-order valence-electron chi connectivity index (χ2n) is 10.2. The Labute approximate surface area is 203 Å². The SMILES string of the molecule is CN[C@@H](C)C(=O)N[C@H](C(=O)N1CCCC1C(=O)N[C@@H]1CCCc2ccccc21)C1CCCCC1. The lowest BCUT2D eigenvalue weighted by Gasteiger charge is -2.35. The van der Waals surface area contributed by atoms with Gasteiger partial charge in [-0.15, -0.1) is 0 Å². The molecule has 1 saturated carbocycles. The zero-order valence-corrected chi connectivity index (χ0v) is 20.6. The molecule has 1 heterocycles. The van der Waals surface area contributed by atoms with Crippen LogP contribution < -0.4 is 16.0 Å². The molecular weight excluding hydrogens is 428 g/mol. The van der Waals surface area contributed by atoms with Gasteiger partial charge in [0.15, 0.2) is 0 Å². The van der Waals surface area contributed by atoms with Crippen molar-refractivity contribution >= 4 is 17.7 Å². The van der Waals surface area contributed by atoms with E-state index in [4.69, 9.17) is 0 Å². The molecule has 0 bridgehead atoms. The van der Waals surface area contributed by atoms with E-state index in [1.54, 1.807) is 18.9 Å². The number of carbonyl (C=O) groups is 3. The van der Waals surface area contributed by atoms with Crippen molar-refractivity contribution < 1.29 is 14.4 Å². The maximum Gasteiger partial charge on any atom is 0.246 e. The minimum atomic E-state index is -0.563. The van der Waals surface area contributed by atoms with Crippen molar-refractivity contribution in [3.05, 3.63) is 35.4 Å². The lowest BCUT2D eigenvalue weighted by molar-refractivity contribution is -0.143. The second-order valence-corrected chi connectivity index (χ2v) is 10.2. The molecule has 3 amide bonds. The molecule has 0 spiro atoms. The largest absolute Gasteiger partial charge is 0.347 e. The van der Waals surface area contributed by atoms with Crippen molar-refractivity contribution in [3.8, 4) is 0 Å². The third-order valence-corrected chi connectivity index (χ3v) is 8.04. The zero-order valence-electron chi connectivity index (χ0n) is 20.6. The Balaban J connectivity index is 1.48. The molecule has 1 aromatic rings. The van der Waals surface area contributed by atoms with Gasteiger partial charge in [-0.05, 0) is 76.0 Å². The number of carbonyl (C=O) groups excluding carboxylic acids is 3. The monoisotopic (exact) mass is 468 g/mol. The topological polar surface area (TPSA) is 90.5 Å². The van der Waals surface area contributed by atoms with Crippen LogP contribution in [0.5, 0.6) is 0 Å². The van der Waals surface area contributed by atoms with Crippen molar-refractivity contribution in [1.82, 2.24) is 20.9 Å². The van der Waals surface area contributed by atoms with E-state index >= 15 is 0 Å². The van der Waals surface area contributed by atoms with Crippen LogP contribution in [0.25, 0.3) is 0 Å². The number of likely N-dealkylation sites (tertiary alicyclic amines) is 1. The van der Waals surface area contributed by atoms with E-state index in [1.807, 2.05) is 6.07 Å². The average Bonchev–Trinajstić information content (AvgIpc) is 3.37. The molecule has 0 aromatic heterocycles. The summed E-state index contributed by atoms with van der Waals surface area (Å²) in [7, 11) is 1.74. The van der Waals surface area contributed by atoms with Crippen molar-refractivity contribution in [1.29, 1.82) is 0 Å². The smallest absolute Gasteiger partial charge is 0.246 e. The molecule has 7 heteroatoms. The first-order chi connectivity index (χ1) is 16.5. The number of likely N-dealkylation sites (N-methyl/N-ethyl adjacent to an activating group) is 1. The van der Waals surface area contributed by atoms with Gasteiger partial charge in [-0.2, -0.15) is 0 Å². The molecule has 0 radical (unpaired) electrons. The Bertz CT molecular complexity index is 882. The Hall–Kier alpha value is -2.41. The van der Waals surface area contributed by atoms with Crippen LogP contribution in [0.2, 0.25) is 0 Å². The van der Waals surface area contributed by atoms with Crippen molar-refractivity contribution in [3.63, 3.8) is 0 Å². The second kappa shape index (κ2) is 11.3. The number of aryl methyl sites for hydroxylation is 1. The zero-order chi connectivity index (χ0) is 24.1. The van der Waals surface area contributed by atoms with Crippen LogP contribution in [0.4, 0.5) is 0 Å². The van der Waals surface area contributed by atoms with Crippen LogP contribution >= 0.6 is 0 Å². The van der Waals surface area contributed by atoms with Crippen LogP contribution in [0.15, 0.2) is 24.3 Å². The molecule has 34 heavy (non-hydrogen) atoms. The van der Waals surface area contributed by atoms with Gasteiger partial charge in [0.05, 0.1) is 12.1 Å². The average molecular weight is 469 g/mol. The van der Waals surface area contributed by atoms with Gasteiger partial charge in [-0.25, -0.2) is 0 Å². The van der Waals surface area contributed by atoms with Crippen molar-refractivity contribution in [2.45, 2.75) is 95.3 Å². The predicted molar refractivity (Wildman–Crippen MR) is 132 cm³/mol. The van der Waals surface area contributed by atoms with Gasteiger partial charge in [0, 0.05) is 6.54 Å². The summed E-state index contributed by atoms with van der Waals surface area (Å²) in [6.45, 7) is 2.37. The van der Waals surface area contributed by atoms with E-state index in [0.717, 1.165) is 51.4 Å². The molecule has 4 rings (SSSR count). The number of benzene rings is 1. The van der Waals surface area contributed by atoms with Crippen LogP contribution in [0.1, 0.15) is 81.9 Å². The highest BCUT2D eigenvalue weighted by Gasteiger charge is 2.41. The molecule has 1 aromatic carbocycles. The Kier molecular flexibility index (Phi) is 8.24. The lowest BCUT2D eigenvalue weighted by atomic mass is 9.83. The fourth-order valence-electron chi connectivity index (χ4n) is 5.91. The van der Waals surface area contributed by atoms with E-state index in [2.05, 4.69) is 34.1 Å². The first-order valence-corrected chi connectivity index (χ1v) is 13.2. The fraction of sp³-hybridized carbons (Fsp3) is 0.667. The number of nitrogens with zero attached hydrogens (tertiary/aromatic N) is 1. The molecule has 1 unspecified atom stereocenters. The molecule has 1 aliphatic heterocycles. The fourth-order valence-corrected chi connectivity index (χ4v) is 5.91. The molecule has 3 aliphatic rings. The van der Waals surface area contributed by atoms with Gasteiger partial charge in [-0.3, -0.25) is 14.4 Å². The number of fused-ring (bicyclic) bond motifs is 1. The molecular formula is C27H40N4O3. The molecule has 2 aliphatic carbocycles. The third-order valence-electron chi connectivity index (χ3n) is 8.04. The van der Waals surface area contributed by atoms with Crippen LogP contribution in [-0.2, 0) is 20.8 Å². The molecule has 1 saturated heterocycles. The summed E-state index contributed by atoms with van der Waals surface area (Å²) in [6, 6.07) is 6.92. The number of rotatable bonds is 7. The molecule has 2 fully saturated rings. The summed E-state index contributed by atoms with van der Waals surface area (Å²) in [5.74, 6) is -0.190. The number of nitrogens with one attached hydrogen (secondary N) is 3. The standard InChI is InChI=1S/C27H40N4O3/c1-18(28-2)25(32)30-24(20-11-4-3-5-12-20)27(34)31-17-9-16-23(31)26(33)29-22-15-8-13-19-10-6-7-14-21(19)22/h6-7,10,14,18,20,22-24,28H,3-5,8-9,11-13,15-17H2,1-2H3,(H,29,33)(H,30,32)/t18-,22+,23?,24-/m0/s1. The third kappa shape index (κ3) is 5.45. The molecule has 186 valence electrons. The van der Waals surface area contributed by atoms with Crippen molar-refractivity contribution in [2.75, 3.05) is 13.6 Å².